The monoisotopic (exact) mass is 268 g/mol. The van der Waals surface area contributed by atoms with Gasteiger partial charge in [-0.05, 0) is 17.7 Å². The lowest BCUT2D eigenvalue weighted by molar-refractivity contribution is -0.175. The molecule has 0 bridgehead atoms. The van der Waals surface area contributed by atoms with Crippen molar-refractivity contribution in [1.82, 2.24) is 0 Å². The Kier molecular flexibility index (Phi) is 4.77. The number of ketones is 1. The number of carbonyl (C=O) groups excluding carboxylic acids is 1. The maximum atomic E-state index is 12.8. The summed E-state index contributed by atoms with van der Waals surface area (Å²) in [5, 5.41) is 0. The summed E-state index contributed by atoms with van der Waals surface area (Å²) in [7, 11) is 0. The van der Waals surface area contributed by atoms with Crippen LogP contribution in [-0.4, -0.2) is 25.2 Å². The predicted octanol–water partition coefficient (Wildman–Crippen LogP) is 2.66. The molecule has 2 nitrogen and oxygen atoms in total. The second-order valence-electron chi connectivity index (χ2n) is 3.57. The Labute approximate surface area is 99.4 Å². The van der Waals surface area contributed by atoms with Gasteiger partial charge in [0, 0.05) is 6.42 Å². The first-order valence-electron chi connectivity index (χ1n) is 4.88. The molecular formula is C11H9F5O2. The van der Waals surface area contributed by atoms with Gasteiger partial charge in [-0.25, -0.2) is 8.78 Å². The van der Waals surface area contributed by atoms with Crippen LogP contribution in [-0.2, 0) is 16.0 Å². The molecule has 0 aromatic heterocycles. The van der Waals surface area contributed by atoms with Gasteiger partial charge >= 0.3 is 6.18 Å². The molecule has 0 atom stereocenters. The highest BCUT2D eigenvalue weighted by Gasteiger charge is 2.27. The van der Waals surface area contributed by atoms with Crippen LogP contribution in [0.25, 0.3) is 0 Å². The Balaban J connectivity index is 2.42. The van der Waals surface area contributed by atoms with Gasteiger partial charge in [-0.2, -0.15) is 13.2 Å². The number of hydrogen-bond acceptors (Lipinski definition) is 2. The molecule has 0 saturated heterocycles. The number of alkyl halides is 3. The molecule has 7 heteroatoms. The quantitative estimate of drug-likeness (QED) is 0.767. The number of hydrogen-bond donors (Lipinski definition) is 0. The fourth-order valence-corrected chi connectivity index (χ4v) is 1.21. The lowest BCUT2D eigenvalue weighted by atomic mass is 10.1. The molecule has 0 heterocycles. The number of carbonyl (C=O) groups is 1. The lowest BCUT2D eigenvalue weighted by Gasteiger charge is -2.07. The largest absolute Gasteiger partial charge is 0.411 e. The van der Waals surface area contributed by atoms with Gasteiger partial charge in [-0.1, -0.05) is 6.07 Å². The Bertz CT molecular complexity index is 428. The molecule has 0 spiro atoms. The topological polar surface area (TPSA) is 26.3 Å². The van der Waals surface area contributed by atoms with Crippen molar-refractivity contribution in [2.75, 3.05) is 13.2 Å². The van der Waals surface area contributed by atoms with E-state index in [-0.39, 0.29) is 12.0 Å². The fourth-order valence-electron chi connectivity index (χ4n) is 1.21. The minimum atomic E-state index is -4.50. The molecular weight excluding hydrogens is 259 g/mol. The van der Waals surface area contributed by atoms with Crippen LogP contribution in [0.1, 0.15) is 5.56 Å². The van der Waals surface area contributed by atoms with Crippen LogP contribution in [0.3, 0.4) is 0 Å². The summed E-state index contributed by atoms with van der Waals surface area (Å²) < 4.78 is 64.6. The normalized spacial score (nSPS) is 11.6. The molecule has 0 radical (unpaired) electrons. The molecule has 0 N–H and O–H groups in total. The zero-order chi connectivity index (χ0) is 13.8. The number of ether oxygens (including phenoxy) is 1. The third-order valence-corrected chi connectivity index (χ3v) is 1.91. The van der Waals surface area contributed by atoms with Crippen molar-refractivity contribution in [2.24, 2.45) is 0 Å². The molecule has 0 aliphatic carbocycles. The smallest absolute Gasteiger partial charge is 0.364 e. The first kappa shape index (κ1) is 14.6. The number of halogens is 5. The van der Waals surface area contributed by atoms with E-state index >= 15 is 0 Å². The highest BCUT2D eigenvalue weighted by molar-refractivity contribution is 5.82. The van der Waals surface area contributed by atoms with Crippen LogP contribution >= 0.6 is 0 Å². The molecule has 0 aliphatic heterocycles. The molecule has 1 aromatic carbocycles. The van der Waals surface area contributed by atoms with E-state index in [1.807, 2.05) is 0 Å². The molecule has 100 valence electrons. The van der Waals surface area contributed by atoms with E-state index < -0.39 is 36.8 Å². The van der Waals surface area contributed by atoms with E-state index in [2.05, 4.69) is 4.74 Å². The van der Waals surface area contributed by atoms with Crippen LogP contribution in [0.4, 0.5) is 22.0 Å². The Morgan fingerprint density at radius 2 is 1.83 bits per heavy atom. The summed E-state index contributed by atoms with van der Waals surface area (Å²) in [6.07, 6.45) is -4.81. The zero-order valence-corrected chi connectivity index (χ0v) is 9.06. The SMILES string of the molecule is O=C(COCC(F)(F)F)Cc1ccc(F)c(F)c1. The van der Waals surface area contributed by atoms with Crippen LogP contribution in [0.2, 0.25) is 0 Å². The Hall–Kier alpha value is -1.50. The Morgan fingerprint density at radius 1 is 1.17 bits per heavy atom. The van der Waals surface area contributed by atoms with Crippen molar-refractivity contribution in [2.45, 2.75) is 12.6 Å². The summed E-state index contributed by atoms with van der Waals surface area (Å²) in [4.78, 5) is 11.2. The predicted molar refractivity (Wildman–Crippen MR) is 51.9 cm³/mol. The van der Waals surface area contributed by atoms with Crippen LogP contribution in [0.15, 0.2) is 18.2 Å². The minimum absolute atomic E-state index is 0.175. The third-order valence-electron chi connectivity index (χ3n) is 1.91. The zero-order valence-electron chi connectivity index (χ0n) is 9.06. The number of rotatable bonds is 5. The van der Waals surface area contributed by atoms with Gasteiger partial charge in [-0.3, -0.25) is 4.79 Å². The highest BCUT2D eigenvalue weighted by atomic mass is 19.4. The molecule has 1 rings (SSSR count). The van der Waals surface area contributed by atoms with Crippen molar-refractivity contribution < 1.29 is 31.5 Å². The fraction of sp³-hybridized carbons (Fsp3) is 0.364. The average molecular weight is 268 g/mol. The molecule has 0 saturated carbocycles. The highest BCUT2D eigenvalue weighted by Crippen LogP contribution is 2.14. The van der Waals surface area contributed by atoms with Crippen molar-refractivity contribution in [3.8, 4) is 0 Å². The lowest BCUT2D eigenvalue weighted by Crippen LogP contribution is -2.21. The molecule has 0 amide bonds. The van der Waals surface area contributed by atoms with E-state index in [0.29, 0.717) is 0 Å². The molecule has 18 heavy (non-hydrogen) atoms. The van der Waals surface area contributed by atoms with Gasteiger partial charge in [0.25, 0.3) is 0 Å². The molecule has 0 fully saturated rings. The second kappa shape index (κ2) is 5.90. The maximum absolute atomic E-state index is 12.8. The first-order chi connectivity index (χ1) is 8.28. The van der Waals surface area contributed by atoms with Crippen molar-refractivity contribution >= 4 is 5.78 Å². The van der Waals surface area contributed by atoms with Crippen LogP contribution < -0.4 is 0 Å². The van der Waals surface area contributed by atoms with E-state index in [1.165, 1.54) is 6.07 Å². The molecule has 1 aromatic rings. The third kappa shape index (κ3) is 5.22. The van der Waals surface area contributed by atoms with E-state index in [4.69, 9.17) is 0 Å². The number of benzene rings is 1. The van der Waals surface area contributed by atoms with E-state index in [9.17, 15) is 26.7 Å². The minimum Gasteiger partial charge on any atom is -0.364 e. The van der Waals surface area contributed by atoms with Crippen LogP contribution in [0, 0.1) is 11.6 Å². The van der Waals surface area contributed by atoms with Gasteiger partial charge < -0.3 is 4.74 Å². The van der Waals surface area contributed by atoms with Crippen molar-refractivity contribution in [1.29, 1.82) is 0 Å². The standard InChI is InChI=1S/C11H9F5O2/c12-9-2-1-7(4-10(9)13)3-8(17)5-18-6-11(14,15)16/h1-2,4H,3,5-6H2. The average Bonchev–Trinajstić information content (AvgIpc) is 2.21. The van der Waals surface area contributed by atoms with Gasteiger partial charge in [0.05, 0.1) is 0 Å². The number of Topliss-reactive ketones (excluding diaryl/α,β-unsaturated/α-hetero) is 1. The second-order valence-corrected chi connectivity index (χ2v) is 3.57. The van der Waals surface area contributed by atoms with Gasteiger partial charge in [0.1, 0.15) is 13.2 Å². The molecule has 0 unspecified atom stereocenters. The summed E-state index contributed by atoms with van der Waals surface area (Å²) in [6.45, 7) is -2.24. The summed E-state index contributed by atoms with van der Waals surface area (Å²) in [5.74, 6) is -2.82. The van der Waals surface area contributed by atoms with Crippen molar-refractivity contribution in [3.05, 3.63) is 35.4 Å². The maximum Gasteiger partial charge on any atom is 0.411 e. The Morgan fingerprint density at radius 3 is 2.39 bits per heavy atom. The first-order valence-corrected chi connectivity index (χ1v) is 4.88. The summed E-state index contributed by atoms with van der Waals surface area (Å²) >= 11 is 0. The van der Waals surface area contributed by atoms with E-state index in [0.717, 1.165) is 12.1 Å². The molecule has 0 aliphatic rings. The van der Waals surface area contributed by atoms with Gasteiger partial charge in [0.15, 0.2) is 17.4 Å². The van der Waals surface area contributed by atoms with Gasteiger partial charge in [-0.15, -0.1) is 0 Å². The van der Waals surface area contributed by atoms with E-state index in [1.54, 1.807) is 0 Å². The summed E-state index contributed by atoms with van der Waals surface area (Å²) in [5.41, 5.74) is 0.175. The summed E-state index contributed by atoms with van der Waals surface area (Å²) in [6, 6.07) is 2.84. The van der Waals surface area contributed by atoms with Crippen LogP contribution in [0.5, 0.6) is 0 Å². The van der Waals surface area contributed by atoms with Crippen molar-refractivity contribution in [3.63, 3.8) is 0 Å². The van der Waals surface area contributed by atoms with Gasteiger partial charge in [0.2, 0.25) is 0 Å².